The number of benzene rings is 2. The maximum Gasteiger partial charge on any atom is 0.227 e. The second-order valence-electron chi connectivity index (χ2n) is 6.47. The van der Waals surface area contributed by atoms with Crippen molar-refractivity contribution in [2.75, 3.05) is 11.2 Å². The molecule has 0 aliphatic carbocycles. The van der Waals surface area contributed by atoms with Crippen LogP contribution in [0.3, 0.4) is 0 Å². The van der Waals surface area contributed by atoms with E-state index in [1.54, 1.807) is 0 Å². The van der Waals surface area contributed by atoms with Gasteiger partial charge in [-0.15, -0.1) is 11.6 Å². The SMILES string of the molecule is CCC(C)c1ccc2oc(-c3ccc(NC(=O)CCCCl)cc3)nc2c1. The average molecular weight is 371 g/mol. The van der Waals surface area contributed by atoms with E-state index < -0.39 is 0 Å². The summed E-state index contributed by atoms with van der Waals surface area (Å²) in [4.78, 5) is 16.4. The van der Waals surface area contributed by atoms with Gasteiger partial charge in [0.2, 0.25) is 11.8 Å². The van der Waals surface area contributed by atoms with Gasteiger partial charge in [0.05, 0.1) is 0 Å². The summed E-state index contributed by atoms with van der Waals surface area (Å²) in [6, 6.07) is 13.7. The van der Waals surface area contributed by atoms with Crippen molar-refractivity contribution in [1.82, 2.24) is 4.98 Å². The Morgan fingerprint density at radius 2 is 2.00 bits per heavy atom. The first-order valence-corrected chi connectivity index (χ1v) is 9.51. The lowest BCUT2D eigenvalue weighted by Crippen LogP contribution is -2.11. The molecule has 3 aromatic rings. The Bertz CT molecular complexity index is 887. The minimum absolute atomic E-state index is 0.0298. The smallest absolute Gasteiger partial charge is 0.227 e. The van der Waals surface area contributed by atoms with E-state index in [0.717, 1.165) is 28.8 Å². The molecule has 1 aromatic heterocycles. The molecule has 1 heterocycles. The third-order valence-electron chi connectivity index (χ3n) is 4.55. The molecule has 0 spiro atoms. The van der Waals surface area contributed by atoms with Gasteiger partial charge in [-0.2, -0.15) is 0 Å². The maximum atomic E-state index is 11.8. The van der Waals surface area contributed by atoms with Crippen molar-refractivity contribution in [2.24, 2.45) is 0 Å². The topological polar surface area (TPSA) is 55.1 Å². The predicted molar refractivity (Wildman–Crippen MR) is 107 cm³/mol. The minimum atomic E-state index is -0.0298. The van der Waals surface area contributed by atoms with Crippen molar-refractivity contribution in [1.29, 1.82) is 0 Å². The number of rotatable bonds is 7. The fourth-order valence-corrected chi connectivity index (χ4v) is 2.89. The lowest BCUT2D eigenvalue weighted by molar-refractivity contribution is -0.116. The zero-order valence-corrected chi connectivity index (χ0v) is 15.8. The summed E-state index contributed by atoms with van der Waals surface area (Å²) in [7, 11) is 0. The number of fused-ring (bicyclic) bond motifs is 1. The van der Waals surface area contributed by atoms with Gasteiger partial charge in [-0.05, 0) is 60.7 Å². The van der Waals surface area contributed by atoms with Crippen molar-refractivity contribution in [3.8, 4) is 11.5 Å². The van der Waals surface area contributed by atoms with Gasteiger partial charge < -0.3 is 9.73 Å². The summed E-state index contributed by atoms with van der Waals surface area (Å²) in [5.41, 5.74) is 4.56. The number of carbonyl (C=O) groups is 1. The molecule has 0 saturated heterocycles. The number of hydrogen-bond acceptors (Lipinski definition) is 3. The first kappa shape index (κ1) is 18.5. The normalized spacial score (nSPS) is 12.3. The van der Waals surface area contributed by atoms with Crippen LogP contribution in [0.25, 0.3) is 22.6 Å². The zero-order chi connectivity index (χ0) is 18.5. The van der Waals surface area contributed by atoms with Crippen LogP contribution < -0.4 is 5.32 Å². The molecule has 0 aliphatic heterocycles. The van der Waals surface area contributed by atoms with Gasteiger partial charge in [0, 0.05) is 23.6 Å². The number of halogens is 1. The summed E-state index contributed by atoms with van der Waals surface area (Å²) >= 11 is 5.61. The Labute approximate surface area is 158 Å². The van der Waals surface area contributed by atoms with E-state index in [2.05, 4.69) is 36.3 Å². The van der Waals surface area contributed by atoms with Gasteiger partial charge in [-0.25, -0.2) is 4.98 Å². The van der Waals surface area contributed by atoms with Crippen LogP contribution in [0.2, 0.25) is 0 Å². The van der Waals surface area contributed by atoms with Crippen LogP contribution in [-0.2, 0) is 4.79 Å². The van der Waals surface area contributed by atoms with Gasteiger partial charge in [-0.3, -0.25) is 4.79 Å². The van der Waals surface area contributed by atoms with Crippen LogP contribution >= 0.6 is 11.6 Å². The van der Waals surface area contributed by atoms with E-state index >= 15 is 0 Å². The van der Waals surface area contributed by atoms with E-state index in [1.165, 1.54) is 5.56 Å². The van der Waals surface area contributed by atoms with E-state index in [4.69, 9.17) is 16.0 Å². The standard InChI is InChI=1S/C21H23ClN2O2/c1-3-14(2)16-8-11-19-18(13-16)24-21(26-19)15-6-9-17(10-7-15)23-20(25)5-4-12-22/h6-11,13-14H,3-5,12H2,1-2H3,(H,23,25). The third kappa shape index (κ3) is 4.25. The number of aromatic nitrogens is 1. The highest BCUT2D eigenvalue weighted by Crippen LogP contribution is 2.28. The van der Waals surface area contributed by atoms with Crippen LogP contribution in [0.4, 0.5) is 5.69 Å². The molecule has 2 aromatic carbocycles. The maximum absolute atomic E-state index is 11.8. The number of nitrogens with zero attached hydrogens (tertiary/aromatic N) is 1. The van der Waals surface area contributed by atoms with Crippen molar-refractivity contribution in [2.45, 2.75) is 39.0 Å². The molecule has 136 valence electrons. The highest BCUT2D eigenvalue weighted by atomic mass is 35.5. The number of amides is 1. The lowest BCUT2D eigenvalue weighted by atomic mass is 9.98. The number of hydrogen-bond donors (Lipinski definition) is 1. The molecule has 0 fully saturated rings. The molecule has 1 atom stereocenters. The minimum Gasteiger partial charge on any atom is -0.436 e. The quantitative estimate of drug-likeness (QED) is 0.521. The molecule has 0 saturated carbocycles. The Kier molecular flexibility index (Phi) is 5.94. The van der Waals surface area contributed by atoms with Crippen LogP contribution in [0, 0.1) is 0 Å². The van der Waals surface area contributed by atoms with E-state index in [1.807, 2.05) is 30.3 Å². The Hall–Kier alpha value is -2.33. The molecule has 5 heteroatoms. The molecule has 1 amide bonds. The summed E-state index contributed by atoms with van der Waals surface area (Å²) in [6.07, 6.45) is 2.19. The summed E-state index contributed by atoms with van der Waals surface area (Å²) in [5.74, 6) is 1.54. The van der Waals surface area contributed by atoms with Crippen LogP contribution in [0.15, 0.2) is 46.9 Å². The van der Waals surface area contributed by atoms with Gasteiger partial charge >= 0.3 is 0 Å². The number of nitrogens with one attached hydrogen (secondary N) is 1. The average Bonchev–Trinajstić information content (AvgIpc) is 3.09. The van der Waals surface area contributed by atoms with Crippen LogP contribution in [0.5, 0.6) is 0 Å². The highest BCUT2D eigenvalue weighted by Gasteiger charge is 2.11. The molecule has 26 heavy (non-hydrogen) atoms. The van der Waals surface area contributed by atoms with Crippen molar-refractivity contribution < 1.29 is 9.21 Å². The monoisotopic (exact) mass is 370 g/mol. The van der Waals surface area contributed by atoms with Gasteiger partial charge in [0.15, 0.2) is 5.58 Å². The number of oxazole rings is 1. The molecular formula is C21H23ClN2O2. The van der Waals surface area contributed by atoms with Gasteiger partial charge in [0.1, 0.15) is 5.52 Å². The highest BCUT2D eigenvalue weighted by molar-refractivity contribution is 6.18. The first-order valence-electron chi connectivity index (χ1n) is 8.97. The van der Waals surface area contributed by atoms with Gasteiger partial charge in [-0.1, -0.05) is 19.9 Å². The van der Waals surface area contributed by atoms with Crippen molar-refractivity contribution >= 4 is 34.3 Å². The fraction of sp³-hybridized carbons (Fsp3) is 0.333. The number of alkyl halides is 1. The van der Waals surface area contributed by atoms with Crippen LogP contribution in [0.1, 0.15) is 44.6 Å². The summed E-state index contributed by atoms with van der Waals surface area (Å²) in [6.45, 7) is 4.39. The van der Waals surface area contributed by atoms with Gasteiger partial charge in [0.25, 0.3) is 0 Å². The summed E-state index contributed by atoms with van der Waals surface area (Å²) in [5, 5.41) is 2.86. The Balaban J connectivity index is 1.77. The molecule has 1 unspecified atom stereocenters. The van der Waals surface area contributed by atoms with Crippen molar-refractivity contribution in [3.05, 3.63) is 48.0 Å². The molecule has 0 aliphatic rings. The molecule has 3 rings (SSSR count). The molecular weight excluding hydrogens is 348 g/mol. The van der Waals surface area contributed by atoms with E-state index in [9.17, 15) is 4.79 Å². The molecule has 4 nitrogen and oxygen atoms in total. The van der Waals surface area contributed by atoms with E-state index in [0.29, 0.717) is 30.5 Å². The second-order valence-corrected chi connectivity index (χ2v) is 6.85. The second kappa shape index (κ2) is 8.37. The Morgan fingerprint density at radius 1 is 1.23 bits per heavy atom. The summed E-state index contributed by atoms with van der Waals surface area (Å²) < 4.78 is 5.88. The third-order valence-corrected chi connectivity index (χ3v) is 4.81. The lowest BCUT2D eigenvalue weighted by Gasteiger charge is -2.07. The van der Waals surface area contributed by atoms with Crippen molar-refractivity contribution in [3.63, 3.8) is 0 Å². The predicted octanol–water partition coefficient (Wildman–Crippen LogP) is 5.97. The largest absolute Gasteiger partial charge is 0.436 e. The Morgan fingerprint density at radius 3 is 2.69 bits per heavy atom. The zero-order valence-electron chi connectivity index (χ0n) is 15.1. The molecule has 0 bridgehead atoms. The number of anilines is 1. The fourth-order valence-electron chi connectivity index (χ4n) is 2.76. The molecule has 0 radical (unpaired) electrons. The van der Waals surface area contributed by atoms with E-state index in [-0.39, 0.29) is 5.91 Å². The van der Waals surface area contributed by atoms with Crippen LogP contribution in [-0.4, -0.2) is 16.8 Å². The number of carbonyl (C=O) groups excluding carboxylic acids is 1. The first-order chi connectivity index (χ1) is 12.6. The molecule has 1 N–H and O–H groups in total.